The molecule has 2 aliphatic heterocycles. The topological polar surface area (TPSA) is 79.1 Å². The van der Waals surface area contributed by atoms with E-state index in [1.54, 1.807) is 44.2 Å². The molecule has 0 bridgehead atoms. The highest BCUT2D eigenvalue weighted by molar-refractivity contribution is 7.07. The Balaban J connectivity index is 1.71. The minimum atomic E-state index is -0.743. The second kappa shape index (κ2) is 8.53. The summed E-state index contributed by atoms with van der Waals surface area (Å²) in [5.74, 6) is 0.779. The van der Waals surface area contributed by atoms with Crippen LogP contribution >= 0.6 is 22.9 Å². The molecule has 2 aromatic carbocycles. The third-order valence-electron chi connectivity index (χ3n) is 5.41. The largest absolute Gasteiger partial charge is 0.463 e. The average Bonchev–Trinajstić information content (AvgIpc) is 3.37. The zero-order valence-corrected chi connectivity index (χ0v) is 19.4. The molecule has 0 aliphatic carbocycles. The Labute approximate surface area is 197 Å². The molecule has 0 radical (unpaired) electrons. The Kier molecular flexibility index (Phi) is 5.55. The number of hydrogen-bond acceptors (Lipinski definition) is 7. The number of aromatic nitrogens is 1. The number of allylic oxidation sites excluding steroid dienone is 1. The van der Waals surface area contributed by atoms with Crippen molar-refractivity contribution in [2.75, 3.05) is 13.4 Å². The number of nitrogens with zero attached hydrogens (tertiary/aromatic N) is 2. The van der Waals surface area contributed by atoms with Crippen LogP contribution in [-0.2, 0) is 9.53 Å². The van der Waals surface area contributed by atoms with Gasteiger partial charge < -0.3 is 14.2 Å². The van der Waals surface area contributed by atoms with Gasteiger partial charge in [-0.2, -0.15) is 0 Å². The molecule has 3 heterocycles. The van der Waals surface area contributed by atoms with Crippen molar-refractivity contribution in [3.05, 3.63) is 89.6 Å². The maximum atomic E-state index is 13.6. The van der Waals surface area contributed by atoms with E-state index in [1.807, 2.05) is 18.2 Å². The van der Waals surface area contributed by atoms with Crippen LogP contribution in [0.2, 0.25) is 5.02 Å². The van der Waals surface area contributed by atoms with Gasteiger partial charge in [0.15, 0.2) is 16.3 Å². The third-order valence-corrected chi connectivity index (χ3v) is 6.74. The highest BCUT2D eigenvalue weighted by Gasteiger charge is 2.34. The van der Waals surface area contributed by atoms with Crippen LogP contribution in [0.25, 0.3) is 6.08 Å². The van der Waals surface area contributed by atoms with Gasteiger partial charge in [-0.05, 0) is 49.2 Å². The van der Waals surface area contributed by atoms with Gasteiger partial charge in [0.1, 0.15) is 6.04 Å². The molecule has 0 saturated heterocycles. The predicted molar refractivity (Wildman–Crippen MR) is 124 cm³/mol. The molecule has 168 valence electrons. The number of ether oxygens (including phenoxy) is 3. The molecule has 0 N–H and O–H groups in total. The van der Waals surface area contributed by atoms with Crippen molar-refractivity contribution in [2.24, 2.45) is 4.99 Å². The molecular formula is C24H19ClN2O5S. The Morgan fingerprint density at radius 2 is 2.06 bits per heavy atom. The number of rotatable bonds is 4. The van der Waals surface area contributed by atoms with Crippen molar-refractivity contribution in [1.82, 2.24) is 4.57 Å². The first-order valence-electron chi connectivity index (χ1n) is 10.3. The molecule has 3 aromatic rings. The average molecular weight is 483 g/mol. The summed E-state index contributed by atoms with van der Waals surface area (Å²) in [5, 5.41) is 0.448. The normalized spacial score (nSPS) is 17.1. The Hall–Kier alpha value is -3.36. The number of benzene rings is 2. The first kappa shape index (κ1) is 21.5. The highest BCUT2D eigenvalue weighted by atomic mass is 35.5. The lowest BCUT2D eigenvalue weighted by Gasteiger charge is -2.25. The van der Waals surface area contributed by atoms with Gasteiger partial charge in [-0.3, -0.25) is 9.36 Å². The molecule has 0 fully saturated rings. The van der Waals surface area contributed by atoms with E-state index in [0.29, 0.717) is 42.7 Å². The zero-order chi connectivity index (χ0) is 23.1. The Morgan fingerprint density at radius 3 is 2.85 bits per heavy atom. The molecule has 0 amide bonds. The lowest BCUT2D eigenvalue weighted by atomic mass is 9.96. The van der Waals surface area contributed by atoms with Gasteiger partial charge in [0.05, 0.1) is 22.4 Å². The van der Waals surface area contributed by atoms with Crippen molar-refractivity contribution in [2.45, 2.75) is 19.9 Å². The molecule has 1 aromatic heterocycles. The number of esters is 1. The van der Waals surface area contributed by atoms with Gasteiger partial charge in [-0.15, -0.1) is 0 Å². The number of halogens is 1. The minimum Gasteiger partial charge on any atom is -0.463 e. The van der Waals surface area contributed by atoms with Crippen LogP contribution in [-0.4, -0.2) is 23.9 Å². The quantitative estimate of drug-likeness (QED) is 0.534. The summed E-state index contributed by atoms with van der Waals surface area (Å²) in [4.78, 5) is 31.5. The second-order valence-corrected chi connectivity index (χ2v) is 8.85. The predicted octanol–water partition coefficient (Wildman–Crippen LogP) is 3.18. The first-order valence-corrected chi connectivity index (χ1v) is 11.5. The Bertz CT molecular complexity index is 1490. The maximum Gasteiger partial charge on any atom is 0.338 e. The van der Waals surface area contributed by atoms with Crippen LogP contribution in [0.3, 0.4) is 0 Å². The van der Waals surface area contributed by atoms with E-state index in [-0.39, 0.29) is 19.0 Å². The molecule has 33 heavy (non-hydrogen) atoms. The van der Waals surface area contributed by atoms with Crippen LogP contribution in [0.1, 0.15) is 31.0 Å². The molecule has 7 nitrogen and oxygen atoms in total. The second-order valence-electron chi connectivity index (χ2n) is 7.44. The van der Waals surface area contributed by atoms with Gasteiger partial charge in [0.25, 0.3) is 5.56 Å². The van der Waals surface area contributed by atoms with E-state index in [9.17, 15) is 9.59 Å². The van der Waals surface area contributed by atoms with Crippen molar-refractivity contribution < 1.29 is 19.0 Å². The number of fused-ring (bicyclic) bond motifs is 2. The molecule has 1 atom stereocenters. The summed E-state index contributed by atoms with van der Waals surface area (Å²) >= 11 is 7.76. The lowest BCUT2D eigenvalue weighted by Crippen LogP contribution is -2.40. The summed E-state index contributed by atoms with van der Waals surface area (Å²) in [5.41, 5.74) is 1.95. The fourth-order valence-corrected chi connectivity index (χ4v) is 5.22. The van der Waals surface area contributed by atoms with Crippen molar-refractivity contribution in [3.63, 3.8) is 0 Å². The lowest BCUT2D eigenvalue weighted by molar-refractivity contribution is -0.139. The highest BCUT2D eigenvalue weighted by Crippen LogP contribution is 2.35. The zero-order valence-electron chi connectivity index (χ0n) is 17.8. The van der Waals surface area contributed by atoms with E-state index in [4.69, 9.17) is 25.8 Å². The van der Waals surface area contributed by atoms with Gasteiger partial charge in [-0.25, -0.2) is 9.79 Å². The summed E-state index contributed by atoms with van der Waals surface area (Å²) in [6, 6.07) is 11.9. The number of thiazole rings is 1. The van der Waals surface area contributed by atoms with Crippen LogP contribution in [0, 0.1) is 0 Å². The molecule has 0 unspecified atom stereocenters. The summed E-state index contributed by atoms with van der Waals surface area (Å²) in [7, 11) is 0. The number of carbonyl (C=O) groups is 1. The molecule has 0 spiro atoms. The van der Waals surface area contributed by atoms with E-state index in [1.165, 1.54) is 15.9 Å². The van der Waals surface area contributed by atoms with Gasteiger partial charge >= 0.3 is 5.97 Å². The van der Waals surface area contributed by atoms with E-state index in [0.717, 1.165) is 5.56 Å². The summed E-state index contributed by atoms with van der Waals surface area (Å²) in [6.45, 7) is 3.86. The smallest absolute Gasteiger partial charge is 0.338 e. The maximum absolute atomic E-state index is 13.6. The van der Waals surface area contributed by atoms with Gasteiger partial charge in [0.2, 0.25) is 6.79 Å². The summed E-state index contributed by atoms with van der Waals surface area (Å²) < 4.78 is 18.1. The van der Waals surface area contributed by atoms with Crippen molar-refractivity contribution >= 4 is 35.0 Å². The van der Waals surface area contributed by atoms with E-state index >= 15 is 0 Å². The van der Waals surface area contributed by atoms with Crippen molar-refractivity contribution in [3.8, 4) is 11.5 Å². The van der Waals surface area contributed by atoms with Crippen molar-refractivity contribution in [1.29, 1.82) is 0 Å². The number of carbonyl (C=O) groups excluding carboxylic acids is 1. The Morgan fingerprint density at radius 1 is 1.27 bits per heavy atom. The molecule has 9 heteroatoms. The minimum absolute atomic E-state index is 0.175. The van der Waals surface area contributed by atoms with Crippen LogP contribution in [0.15, 0.2) is 63.5 Å². The van der Waals surface area contributed by atoms with E-state index < -0.39 is 12.0 Å². The number of hydrogen-bond donors (Lipinski definition) is 0. The third kappa shape index (κ3) is 3.75. The molecule has 0 saturated carbocycles. The van der Waals surface area contributed by atoms with Gasteiger partial charge in [-0.1, -0.05) is 47.2 Å². The fourth-order valence-electron chi connectivity index (χ4n) is 3.94. The molecule has 2 aliphatic rings. The van der Waals surface area contributed by atoms with Crippen LogP contribution in [0.5, 0.6) is 11.5 Å². The van der Waals surface area contributed by atoms with Crippen LogP contribution in [0.4, 0.5) is 0 Å². The molecular weight excluding hydrogens is 464 g/mol. The van der Waals surface area contributed by atoms with Crippen LogP contribution < -0.4 is 24.4 Å². The molecule has 5 rings (SSSR count). The SMILES string of the molecule is CCOC(=O)C1=C(C)N=c2s/c(=C/c3ccc4c(c3)OCO4)c(=O)n2[C@@H]1c1ccccc1Cl. The summed E-state index contributed by atoms with van der Waals surface area (Å²) in [6.07, 6.45) is 1.78. The standard InChI is InChI=1S/C24H19ClN2O5S/c1-3-30-23(29)20-13(2)26-24-27(21(20)15-6-4-5-7-16(15)25)22(28)19(33-24)11-14-8-9-17-18(10-14)32-12-31-17/h4-11,21H,3,12H2,1-2H3/b19-11+/t21-/m1/s1. The monoisotopic (exact) mass is 482 g/mol. The van der Waals surface area contributed by atoms with Gasteiger partial charge in [0, 0.05) is 5.02 Å². The van der Waals surface area contributed by atoms with E-state index in [2.05, 4.69) is 4.99 Å². The first-order chi connectivity index (χ1) is 16.0. The fraction of sp³-hybridized carbons (Fsp3) is 0.208.